The fraction of sp³-hybridized carbons (Fsp3) is 0.368. The molecule has 0 N–H and O–H groups in total. The van der Waals surface area contributed by atoms with Crippen LogP contribution in [-0.4, -0.2) is 93.7 Å². The molecule has 0 atom stereocenters. The molecule has 0 amide bonds. The van der Waals surface area contributed by atoms with Gasteiger partial charge in [0.2, 0.25) is 0 Å². The third-order valence-electron chi connectivity index (χ3n) is 8.37. The number of carbonyl (C=O) groups excluding carboxylic acids is 2. The lowest BCUT2D eigenvalue weighted by molar-refractivity contribution is -0.524. The van der Waals surface area contributed by atoms with Gasteiger partial charge in [-0.3, -0.25) is 9.59 Å². The number of carbonyl (C=O) groups is 2. The quantitative estimate of drug-likeness (QED) is 0.0938. The summed E-state index contributed by atoms with van der Waals surface area (Å²) in [4.78, 5) is 29.8. The predicted molar refractivity (Wildman–Crippen MR) is 189 cm³/mol. The van der Waals surface area contributed by atoms with Gasteiger partial charge in [0, 0.05) is 81.9 Å². The first-order valence-corrected chi connectivity index (χ1v) is 16.4. The molecule has 2 aliphatic rings. The Kier molecular flexibility index (Phi) is 12.3. The van der Waals surface area contributed by atoms with Gasteiger partial charge in [-0.1, -0.05) is 30.0 Å². The lowest BCUT2D eigenvalue weighted by Gasteiger charge is -2.32. The average Bonchev–Trinajstić information content (AvgIpc) is 3.08. The van der Waals surface area contributed by atoms with Crippen molar-refractivity contribution in [3.05, 3.63) is 101 Å². The molecule has 9 nitrogen and oxygen atoms in total. The van der Waals surface area contributed by atoms with Gasteiger partial charge in [0.05, 0.1) is 6.21 Å². The summed E-state index contributed by atoms with van der Waals surface area (Å²) in [6.45, 7) is 10.3. The molecule has 9 heteroatoms. The number of anilines is 2. The maximum Gasteiger partial charge on any atom is 0.306 e. The van der Waals surface area contributed by atoms with Gasteiger partial charge in [-0.25, -0.2) is 4.58 Å². The Morgan fingerprint density at radius 1 is 0.894 bits per heavy atom. The Labute approximate surface area is 279 Å². The van der Waals surface area contributed by atoms with Crippen molar-refractivity contribution in [2.24, 2.45) is 5.10 Å². The highest BCUT2D eigenvalue weighted by molar-refractivity contribution is 6.39. The normalized spacial score (nSPS) is 14.2. The number of rotatable bonds is 15. The van der Waals surface area contributed by atoms with E-state index in [1.807, 2.05) is 107 Å². The van der Waals surface area contributed by atoms with Crippen molar-refractivity contribution in [1.82, 2.24) is 5.01 Å². The van der Waals surface area contributed by atoms with E-state index in [9.17, 15) is 14.7 Å². The topological polar surface area (TPSA) is 91.5 Å². The first kappa shape index (κ1) is 34.9. The summed E-state index contributed by atoms with van der Waals surface area (Å²) >= 11 is 0. The minimum Gasteiger partial charge on any atom is -0.871 e. The van der Waals surface area contributed by atoms with Gasteiger partial charge >= 0.3 is 5.97 Å². The molecule has 0 bridgehead atoms. The Morgan fingerprint density at radius 2 is 1.53 bits per heavy atom. The molecule has 0 aromatic heterocycles. The van der Waals surface area contributed by atoms with Gasteiger partial charge in [0.1, 0.15) is 13.2 Å². The molecule has 248 valence electrons. The molecule has 0 heterocycles. The molecule has 0 spiro atoms. The number of esters is 1. The van der Waals surface area contributed by atoms with Crippen LogP contribution in [0.15, 0.2) is 94.8 Å². The number of ether oxygens (including phenoxy) is 1. The van der Waals surface area contributed by atoms with Gasteiger partial charge in [0.15, 0.2) is 18.0 Å². The van der Waals surface area contributed by atoms with E-state index in [1.54, 1.807) is 5.01 Å². The standard InChI is InChI=1S/C38H47N5O4/c1-7-42(8-2)32-20-14-29(15-21-32)35-37(45)36(38(35)46)30-16-22-33(23-17-30)43(9-3)25-26-47-34(44)11-10-24-41(6)31-18-12-28(13-19-31)27-39-40(4)5/h12-23,27H,7-11,24-26H2,1-6H3/b39-27+. The van der Waals surface area contributed by atoms with E-state index in [4.69, 9.17) is 4.74 Å². The second kappa shape index (κ2) is 16.6. The minimum atomic E-state index is -0.215. The molecule has 2 aromatic rings. The van der Waals surface area contributed by atoms with Crippen molar-refractivity contribution >= 4 is 40.6 Å². The van der Waals surface area contributed by atoms with Crippen LogP contribution >= 0.6 is 0 Å². The fourth-order valence-corrected chi connectivity index (χ4v) is 5.58. The second-order valence-electron chi connectivity index (χ2n) is 11.7. The number of likely N-dealkylation sites (N-methyl/N-ethyl adjacent to an activating group) is 1. The number of allylic oxidation sites excluding steroid dienone is 7. The summed E-state index contributed by atoms with van der Waals surface area (Å²) in [5.74, 6) is -0.646. The van der Waals surface area contributed by atoms with Crippen molar-refractivity contribution in [2.75, 3.05) is 70.3 Å². The number of hydrazone groups is 1. The Bertz CT molecular complexity index is 1590. The maximum absolute atomic E-state index is 13.0. The second-order valence-corrected chi connectivity index (χ2v) is 11.7. The molecule has 4 rings (SSSR count). The summed E-state index contributed by atoms with van der Waals surface area (Å²) in [5.41, 5.74) is 5.87. The van der Waals surface area contributed by atoms with Crippen LogP contribution in [0.25, 0.3) is 5.57 Å². The van der Waals surface area contributed by atoms with Crippen molar-refractivity contribution in [3.8, 4) is 0 Å². The summed E-state index contributed by atoms with van der Waals surface area (Å²) in [6, 6.07) is 15.8. The highest BCUT2D eigenvalue weighted by atomic mass is 16.5. The zero-order valence-electron chi connectivity index (χ0n) is 28.5. The number of nitrogens with zero attached hydrogens (tertiary/aromatic N) is 5. The van der Waals surface area contributed by atoms with Crippen LogP contribution in [0.5, 0.6) is 0 Å². The van der Waals surface area contributed by atoms with E-state index in [1.165, 1.54) is 0 Å². The summed E-state index contributed by atoms with van der Waals surface area (Å²) in [6.07, 6.45) is 10.3. The lowest BCUT2D eigenvalue weighted by Crippen LogP contribution is -2.30. The van der Waals surface area contributed by atoms with Crippen LogP contribution in [-0.2, 0) is 14.3 Å². The van der Waals surface area contributed by atoms with E-state index >= 15 is 0 Å². The average molecular weight is 638 g/mol. The highest BCUT2D eigenvalue weighted by Gasteiger charge is 2.30. The van der Waals surface area contributed by atoms with E-state index in [0.29, 0.717) is 30.5 Å². The molecule has 2 aliphatic carbocycles. The Hall–Kier alpha value is -4.92. The Morgan fingerprint density at radius 3 is 2.11 bits per heavy atom. The minimum absolute atomic E-state index is 0.215. The van der Waals surface area contributed by atoms with Crippen LogP contribution in [0.4, 0.5) is 11.4 Å². The molecule has 0 radical (unpaired) electrons. The molecular formula is C38H47N5O4. The number of hydrogen-bond acceptors (Lipinski definition) is 8. The van der Waals surface area contributed by atoms with Crippen LogP contribution < -0.4 is 14.9 Å². The molecule has 0 aliphatic heterocycles. The monoisotopic (exact) mass is 637 g/mol. The number of ketones is 1. The zero-order valence-corrected chi connectivity index (χ0v) is 28.5. The van der Waals surface area contributed by atoms with Crippen LogP contribution in [0.2, 0.25) is 0 Å². The maximum atomic E-state index is 13.0. The SMILES string of the molecule is CCN(CC)c1ccc(C2=C([O-])C(=C3C=CC(=[N+](CC)CCOC(=O)CCCN(C)c4ccc(/C=N/N(C)C)cc4)C=C3)C2=O)cc1. The van der Waals surface area contributed by atoms with Gasteiger partial charge < -0.3 is 24.7 Å². The van der Waals surface area contributed by atoms with Gasteiger partial charge in [-0.05, 0) is 80.3 Å². The first-order valence-electron chi connectivity index (χ1n) is 16.4. The Balaban J connectivity index is 1.26. The zero-order chi connectivity index (χ0) is 33.9. The van der Waals surface area contributed by atoms with Gasteiger partial charge in [-0.2, -0.15) is 5.10 Å². The van der Waals surface area contributed by atoms with Crippen molar-refractivity contribution in [1.29, 1.82) is 0 Å². The largest absolute Gasteiger partial charge is 0.871 e. The van der Waals surface area contributed by atoms with Crippen LogP contribution in [0.3, 0.4) is 0 Å². The predicted octanol–water partition coefficient (Wildman–Crippen LogP) is 4.44. The van der Waals surface area contributed by atoms with E-state index < -0.39 is 0 Å². The third-order valence-corrected chi connectivity index (χ3v) is 8.37. The van der Waals surface area contributed by atoms with Crippen molar-refractivity contribution in [3.63, 3.8) is 0 Å². The first-order chi connectivity index (χ1) is 22.7. The molecule has 0 unspecified atom stereocenters. The molecule has 2 aromatic carbocycles. The lowest BCUT2D eigenvalue weighted by atomic mass is 9.80. The van der Waals surface area contributed by atoms with E-state index in [2.05, 4.69) is 33.3 Å². The molecule has 0 fully saturated rings. The molecule has 0 saturated carbocycles. The molecular weight excluding hydrogens is 590 g/mol. The molecule has 0 saturated heterocycles. The third kappa shape index (κ3) is 8.87. The number of hydrogen-bond donors (Lipinski definition) is 0. The fourth-order valence-electron chi connectivity index (χ4n) is 5.58. The number of Topliss-reactive ketones (excluding diaryl/α,β-unsaturated/α-hetero) is 1. The van der Waals surface area contributed by atoms with Crippen molar-refractivity contribution in [2.45, 2.75) is 33.6 Å². The highest BCUT2D eigenvalue weighted by Crippen LogP contribution is 2.37. The van der Waals surface area contributed by atoms with Crippen LogP contribution in [0, 0.1) is 0 Å². The smallest absolute Gasteiger partial charge is 0.306 e. The van der Waals surface area contributed by atoms with E-state index in [0.717, 1.165) is 48.8 Å². The summed E-state index contributed by atoms with van der Waals surface area (Å²) in [7, 11) is 5.78. The van der Waals surface area contributed by atoms with Gasteiger partial charge in [-0.15, -0.1) is 0 Å². The van der Waals surface area contributed by atoms with Gasteiger partial charge in [0.25, 0.3) is 0 Å². The summed E-state index contributed by atoms with van der Waals surface area (Å²) < 4.78 is 7.63. The number of benzene rings is 2. The van der Waals surface area contributed by atoms with E-state index in [-0.39, 0.29) is 35.3 Å². The van der Waals surface area contributed by atoms with Crippen molar-refractivity contribution < 1.29 is 24.0 Å². The summed E-state index contributed by atoms with van der Waals surface area (Å²) in [5, 5.41) is 19.1. The molecule has 47 heavy (non-hydrogen) atoms. The van der Waals surface area contributed by atoms with Crippen LogP contribution in [0.1, 0.15) is 44.7 Å².